The quantitative estimate of drug-likeness (QED) is 0.441. The Morgan fingerprint density at radius 3 is 1.62 bits per heavy atom. The van der Waals surface area contributed by atoms with E-state index in [1.807, 2.05) is 0 Å². The molecular formula is C9H11NO3. The van der Waals surface area contributed by atoms with Crippen molar-refractivity contribution in [3.8, 4) is 11.5 Å². The van der Waals surface area contributed by atoms with Gasteiger partial charge in [0, 0.05) is 0 Å². The van der Waals surface area contributed by atoms with E-state index in [1.165, 1.54) is 24.3 Å². The van der Waals surface area contributed by atoms with Gasteiger partial charge in [-0.1, -0.05) is 6.58 Å². The van der Waals surface area contributed by atoms with Crippen molar-refractivity contribution in [1.82, 2.24) is 0 Å². The van der Waals surface area contributed by atoms with E-state index in [1.54, 1.807) is 0 Å². The van der Waals surface area contributed by atoms with Crippen LogP contribution < -0.4 is 5.73 Å². The Kier molecular flexibility index (Phi) is 4.79. The molecule has 0 spiro atoms. The van der Waals surface area contributed by atoms with Crippen LogP contribution in [0.15, 0.2) is 36.9 Å². The van der Waals surface area contributed by atoms with Gasteiger partial charge in [-0.2, -0.15) is 0 Å². The van der Waals surface area contributed by atoms with E-state index >= 15 is 0 Å². The third kappa shape index (κ3) is 6.43. The molecule has 1 amide bonds. The summed E-state index contributed by atoms with van der Waals surface area (Å²) in [7, 11) is 0. The topological polar surface area (TPSA) is 83.6 Å². The standard InChI is InChI=1S/C6H6O2.C3H5NO/c7-5-1-2-6(8)4-3-5;1-2-3(4)5/h1-4,7-8H;2H,1H2,(H2,4,5). The lowest BCUT2D eigenvalue weighted by molar-refractivity contribution is -0.113. The maximum absolute atomic E-state index is 9.47. The Morgan fingerprint density at radius 2 is 1.46 bits per heavy atom. The molecule has 0 aliphatic rings. The van der Waals surface area contributed by atoms with Gasteiger partial charge in [-0.3, -0.25) is 4.79 Å². The summed E-state index contributed by atoms with van der Waals surface area (Å²) < 4.78 is 0. The molecular weight excluding hydrogens is 170 g/mol. The molecule has 0 aliphatic heterocycles. The molecule has 0 saturated carbocycles. The second kappa shape index (κ2) is 5.65. The van der Waals surface area contributed by atoms with Gasteiger partial charge in [0.15, 0.2) is 0 Å². The number of phenolic OH excluding ortho intramolecular Hbond substituents is 2. The molecule has 70 valence electrons. The Hall–Kier alpha value is -1.97. The maximum Gasteiger partial charge on any atom is 0.240 e. The van der Waals surface area contributed by atoms with Crippen LogP contribution in [0.3, 0.4) is 0 Å². The van der Waals surface area contributed by atoms with Gasteiger partial charge < -0.3 is 15.9 Å². The molecule has 0 fully saturated rings. The first-order valence-electron chi connectivity index (χ1n) is 3.46. The average Bonchev–Trinajstić information content (AvgIpc) is 2.11. The first kappa shape index (κ1) is 11.0. The Labute approximate surface area is 75.9 Å². The molecule has 0 heterocycles. The van der Waals surface area contributed by atoms with E-state index in [0.717, 1.165) is 6.08 Å². The van der Waals surface area contributed by atoms with Crippen LogP contribution in [0.1, 0.15) is 0 Å². The van der Waals surface area contributed by atoms with Crippen molar-refractivity contribution in [1.29, 1.82) is 0 Å². The summed E-state index contributed by atoms with van der Waals surface area (Å²) in [6.07, 6.45) is 1.06. The summed E-state index contributed by atoms with van der Waals surface area (Å²) in [6, 6.07) is 5.70. The highest BCUT2D eigenvalue weighted by atomic mass is 16.3. The lowest BCUT2D eigenvalue weighted by Gasteiger charge is -1.88. The van der Waals surface area contributed by atoms with Crippen LogP contribution in [0.4, 0.5) is 0 Å². The van der Waals surface area contributed by atoms with Crippen molar-refractivity contribution in [2.45, 2.75) is 0 Å². The normalized spacial score (nSPS) is 8.00. The molecule has 1 rings (SSSR count). The minimum atomic E-state index is -0.481. The molecule has 0 aliphatic carbocycles. The smallest absolute Gasteiger partial charge is 0.240 e. The van der Waals surface area contributed by atoms with Gasteiger partial charge in [0.1, 0.15) is 11.5 Å². The maximum atomic E-state index is 9.47. The van der Waals surface area contributed by atoms with Crippen molar-refractivity contribution < 1.29 is 15.0 Å². The monoisotopic (exact) mass is 181 g/mol. The average molecular weight is 181 g/mol. The number of benzene rings is 1. The van der Waals surface area contributed by atoms with Crippen LogP contribution in [-0.2, 0) is 4.79 Å². The number of nitrogens with two attached hydrogens (primary N) is 1. The van der Waals surface area contributed by atoms with Crippen LogP contribution in [0, 0.1) is 0 Å². The number of amides is 1. The van der Waals surface area contributed by atoms with E-state index in [-0.39, 0.29) is 11.5 Å². The predicted molar refractivity (Wildman–Crippen MR) is 49.2 cm³/mol. The molecule has 0 radical (unpaired) electrons. The van der Waals surface area contributed by atoms with Crippen LogP contribution in [-0.4, -0.2) is 16.1 Å². The highest BCUT2D eigenvalue weighted by Gasteiger charge is 1.84. The molecule has 0 atom stereocenters. The number of carbonyl (C=O) groups is 1. The lowest BCUT2D eigenvalue weighted by Crippen LogP contribution is -2.04. The number of aromatic hydroxyl groups is 2. The van der Waals surface area contributed by atoms with Gasteiger partial charge in [-0.25, -0.2) is 0 Å². The fraction of sp³-hybridized carbons (Fsp3) is 0. The highest BCUT2D eigenvalue weighted by Crippen LogP contribution is 2.13. The Balaban J connectivity index is 0.000000252. The van der Waals surface area contributed by atoms with Gasteiger partial charge in [-0.15, -0.1) is 0 Å². The number of phenols is 2. The molecule has 1 aromatic rings. The van der Waals surface area contributed by atoms with Crippen LogP contribution in [0.2, 0.25) is 0 Å². The van der Waals surface area contributed by atoms with Gasteiger partial charge in [0.25, 0.3) is 0 Å². The summed E-state index contributed by atoms with van der Waals surface area (Å²) in [4.78, 5) is 9.47. The molecule has 0 bridgehead atoms. The zero-order valence-corrected chi connectivity index (χ0v) is 6.97. The van der Waals surface area contributed by atoms with E-state index in [9.17, 15) is 4.79 Å². The number of hydrogen-bond acceptors (Lipinski definition) is 3. The summed E-state index contributed by atoms with van der Waals surface area (Å²) in [5.74, 6) is -0.143. The number of primary amides is 1. The van der Waals surface area contributed by atoms with Gasteiger partial charge in [-0.05, 0) is 30.3 Å². The zero-order chi connectivity index (χ0) is 10.3. The summed E-state index contributed by atoms with van der Waals surface area (Å²) in [5.41, 5.74) is 4.53. The molecule has 0 unspecified atom stereocenters. The van der Waals surface area contributed by atoms with Gasteiger partial charge in [0.2, 0.25) is 5.91 Å². The summed E-state index contributed by atoms with van der Waals surface area (Å²) >= 11 is 0. The van der Waals surface area contributed by atoms with Crippen molar-refractivity contribution in [3.05, 3.63) is 36.9 Å². The number of carbonyl (C=O) groups excluding carboxylic acids is 1. The highest BCUT2D eigenvalue weighted by molar-refractivity contribution is 5.84. The SMILES string of the molecule is C=CC(N)=O.Oc1ccc(O)cc1. The predicted octanol–water partition coefficient (Wildman–Crippen LogP) is 0.756. The lowest BCUT2D eigenvalue weighted by atomic mass is 10.3. The molecule has 4 nitrogen and oxygen atoms in total. The summed E-state index contributed by atoms with van der Waals surface area (Å²) in [5, 5.41) is 17.3. The fourth-order valence-corrected chi connectivity index (χ4v) is 0.453. The second-order valence-corrected chi connectivity index (χ2v) is 2.12. The second-order valence-electron chi connectivity index (χ2n) is 2.12. The van der Waals surface area contributed by atoms with Crippen molar-refractivity contribution in [3.63, 3.8) is 0 Å². The van der Waals surface area contributed by atoms with E-state index in [4.69, 9.17) is 10.2 Å². The van der Waals surface area contributed by atoms with Crippen LogP contribution in [0.5, 0.6) is 11.5 Å². The van der Waals surface area contributed by atoms with Crippen LogP contribution in [0.25, 0.3) is 0 Å². The number of hydrogen-bond donors (Lipinski definition) is 3. The summed E-state index contributed by atoms with van der Waals surface area (Å²) in [6.45, 7) is 3.09. The van der Waals surface area contributed by atoms with Crippen molar-refractivity contribution >= 4 is 5.91 Å². The minimum absolute atomic E-state index is 0.169. The Bertz CT molecular complexity index is 258. The number of rotatable bonds is 1. The first-order chi connectivity index (χ1) is 6.06. The van der Waals surface area contributed by atoms with Crippen molar-refractivity contribution in [2.24, 2.45) is 5.73 Å². The molecule has 13 heavy (non-hydrogen) atoms. The van der Waals surface area contributed by atoms with Crippen LogP contribution >= 0.6 is 0 Å². The van der Waals surface area contributed by atoms with Gasteiger partial charge in [0.05, 0.1) is 0 Å². The molecule has 0 aromatic heterocycles. The minimum Gasteiger partial charge on any atom is -0.508 e. The third-order valence-electron chi connectivity index (χ3n) is 1.05. The van der Waals surface area contributed by atoms with E-state index < -0.39 is 5.91 Å². The van der Waals surface area contributed by atoms with E-state index in [2.05, 4.69) is 12.3 Å². The van der Waals surface area contributed by atoms with E-state index in [0.29, 0.717) is 0 Å². The molecule has 0 saturated heterocycles. The molecule has 1 aromatic carbocycles. The Morgan fingerprint density at radius 1 is 1.23 bits per heavy atom. The third-order valence-corrected chi connectivity index (χ3v) is 1.05. The fourth-order valence-electron chi connectivity index (χ4n) is 0.453. The first-order valence-corrected chi connectivity index (χ1v) is 3.46. The van der Waals surface area contributed by atoms with Crippen molar-refractivity contribution in [2.75, 3.05) is 0 Å². The molecule has 4 heteroatoms. The zero-order valence-electron chi connectivity index (χ0n) is 6.97. The largest absolute Gasteiger partial charge is 0.508 e. The molecule has 4 N–H and O–H groups in total. The van der Waals surface area contributed by atoms with Gasteiger partial charge >= 0.3 is 0 Å².